The van der Waals surface area contributed by atoms with Crippen LogP contribution in [0.25, 0.3) is 0 Å². The largest absolute Gasteiger partial charge is 0.463 e. The summed E-state index contributed by atoms with van der Waals surface area (Å²) < 4.78 is 4.50. The lowest BCUT2D eigenvalue weighted by Gasteiger charge is -1.96. The number of pyridine rings is 1. The van der Waals surface area contributed by atoms with Crippen LogP contribution in [0.4, 0.5) is 0 Å². The number of ether oxygens (including phenoxy) is 1. The minimum absolute atomic E-state index is 0.244. The second-order valence-electron chi connectivity index (χ2n) is 1.90. The van der Waals surface area contributed by atoms with Crippen LogP contribution < -0.4 is 0 Å². The van der Waals surface area contributed by atoms with Crippen LogP contribution >= 0.6 is 11.6 Å². The van der Waals surface area contributed by atoms with E-state index in [-0.39, 0.29) is 6.61 Å². The van der Waals surface area contributed by atoms with Gasteiger partial charge in [-0.15, -0.1) is 0 Å². The topological polar surface area (TPSA) is 39.2 Å². The van der Waals surface area contributed by atoms with E-state index >= 15 is 0 Å². The van der Waals surface area contributed by atoms with Crippen molar-refractivity contribution < 1.29 is 9.53 Å². The summed E-state index contributed by atoms with van der Waals surface area (Å²) in [6.07, 6.45) is 1.56. The van der Waals surface area contributed by atoms with Crippen LogP contribution in [0.5, 0.6) is 0 Å². The third-order valence-corrected chi connectivity index (χ3v) is 1.33. The summed E-state index contributed by atoms with van der Waals surface area (Å²) >= 11 is 5.52. The molecule has 0 aliphatic rings. The molecule has 0 aliphatic carbocycles. The van der Waals surface area contributed by atoms with Crippen molar-refractivity contribution in [2.75, 3.05) is 0 Å². The van der Waals surface area contributed by atoms with Crippen molar-refractivity contribution in [1.29, 1.82) is 0 Å². The molecule has 0 fully saturated rings. The van der Waals surface area contributed by atoms with Crippen LogP contribution in [-0.4, -0.2) is 11.5 Å². The maximum absolute atomic E-state index is 9.78. The van der Waals surface area contributed by atoms with E-state index in [4.69, 9.17) is 11.6 Å². The highest BCUT2D eigenvalue weighted by Crippen LogP contribution is 2.05. The summed E-state index contributed by atoms with van der Waals surface area (Å²) in [5.74, 6) is 0. The number of carbonyl (C=O) groups is 1. The predicted octanol–water partition coefficient (Wildman–Crippen LogP) is 1.41. The maximum Gasteiger partial charge on any atom is 0.293 e. The van der Waals surface area contributed by atoms with Gasteiger partial charge in [0.25, 0.3) is 6.47 Å². The number of rotatable bonds is 3. The molecule has 0 aromatic carbocycles. The molecule has 4 heteroatoms. The molecule has 0 radical (unpaired) electrons. The minimum Gasteiger partial charge on any atom is -0.463 e. The zero-order valence-electron chi connectivity index (χ0n) is 5.66. The molecular formula is C7H6ClNO2. The Morgan fingerprint density at radius 1 is 1.64 bits per heavy atom. The van der Waals surface area contributed by atoms with E-state index in [0.717, 1.165) is 5.56 Å². The van der Waals surface area contributed by atoms with E-state index in [1.165, 1.54) is 0 Å². The van der Waals surface area contributed by atoms with E-state index in [1.807, 2.05) is 0 Å². The Labute approximate surface area is 69.0 Å². The van der Waals surface area contributed by atoms with Crippen LogP contribution in [0.2, 0.25) is 5.15 Å². The number of hydrogen-bond acceptors (Lipinski definition) is 3. The van der Waals surface area contributed by atoms with Crippen LogP contribution in [0.15, 0.2) is 18.3 Å². The molecule has 0 atom stereocenters. The fourth-order valence-electron chi connectivity index (χ4n) is 0.622. The van der Waals surface area contributed by atoms with Crippen LogP contribution in [0.1, 0.15) is 5.56 Å². The molecule has 1 aromatic heterocycles. The summed E-state index contributed by atoms with van der Waals surface area (Å²) in [5, 5.41) is 0.430. The zero-order valence-corrected chi connectivity index (χ0v) is 6.41. The van der Waals surface area contributed by atoms with Gasteiger partial charge in [-0.2, -0.15) is 0 Å². The quantitative estimate of drug-likeness (QED) is 0.510. The second kappa shape index (κ2) is 3.93. The minimum atomic E-state index is 0.244. The lowest BCUT2D eigenvalue weighted by molar-refractivity contribution is -0.129. The van der Waals surface area contributed by atoms with Crippen LogP contribution in [0.3, 0.4) is 0 Å². The average molecular weight is 172 g/mol. The third kappa shape index (κ3) is 2.55. The standard InChI is InChI=1S/C7H6ClNO2/c8-7-2-1-6(3-9-7)4-11-5-10/h1-3,5H,4H2. The summed E-state index contributed by atoms with van der Waals surface area (Å²) in [4.78, 5) is 13.6. The highest BCUT2D eigenvalue weighted by atomic mass is 35.5. The van der Waals surface area contributed by atoms with Crippen molar-refractivity contribution in [3.05, 3.63) is 29.0 Å². The van der Waals surface area contributed by atoms with E-state index in [0.29, 0.717) is 11.6 Å². The first kappa shape index (κ1) is 8.01. The Hall–Kier alpha value is -1.09. The molecule has 0 bridgehead atoms. The van der Waals surface area contributed by atoms with Gasteiger partial charge in [0, 0.05) is 11.8 Å². The molecule has 3 nitrogen and oxygen atoms in total. The second-order valence-corrected chi connectivity index (χ2v) is 2.28. The van der Waals surface area contributed by atoms with E-state index in [9.17, 15) is 4.79 Å². The molecule has 1 rings (SSSR count). The summed E-state index contributed by atoms with van der Waals surface area (Å²) in [6, 6.07) is 3.39. The fraction of sp³-hybridized carbons (Fsp3) is 0.143. The highest BCUT2D eigenvalue weighted by molar-refractivity contribution is 6.29. The first-order valence-electron chi connectivity index (χ1n) is 2.98. The van der Waals surface area contributed by atoms with Crippen molar-refractivity contribution in [1.82, 2.24) is 4.98 Å². The van der Waals surface area contributed by atoms with Gasteiger partial charge in [-0.05, 0) is 6.07 Å². The van der Waals surface area contributed by atoms with Gasteiger partial charge in [0.1, 0.15) is 11.8 Å². The Balaban J connectivity index is 2.58. The van der Waals surface area contributed by atoms with Crippen molar-refractivity contribution in [3.8, 4) is 0 Å². The molecule has 1 heterocycles. The zero-order chi connectivity index (χ0) is 8.10. The molecular weight excluding hydrogens is 166 g/mol. The van der Waals surface area contributed by atoms with Gasteiger partial charge in [-0.25, -0.2) is 4.98 Å². The Kier molecular flexibility index (Phi) is 2.86. The van der Waals surface area contributed by atoms with Gasteiger partial charge in [-0.3, -0.25) is 4.79 Å². The molecule has 0 saturated heterocycles. The number of aromatic nitrogens is 1. The van der Waals surface area contributed by atoms with Crippen molar-refractivity contribution in [3.63, 3.8) is 0 Å². The first-order valence-corrected chi connectivity index (χ1v) is 3.36. The molecule has 0 saturated carbocycles. The molecule has 11 heavy (non-hydrogen) atoms. The molecule has 0 N–H and O–H groups in total. The molecule has 0 unspecified atom stereocenters. The summed E-state index contributed by atoms with van der Waals surface area (Å²) in [7, 11) is 0. The molecule has 0 amide bonds. The predicted molar refractivity (Wildman–Crippen MR) is 40.1 cm³/mol. The van der Waals surface area contributed by atoms with Gasteiger partial charge in [0.05, 0.1) is 0 Å². The van der Waals surface area contributed by atoms with Gasteiger partial charge < -0.3 is 4.74 Å². The molecule has 58 valence electrons. The molecule has 1 aromatic rings. The van der Waals surface area contributed by atoms with Crippen molar-refractivity contribution in [2.45, 2.75) is 6.61 Å². The highest BCUT2D eigenvalue weighted by Gasteiger charge is 1.92. The van der Waals surface area contributed by atoms with Gasteiger partial charge in [0.2, 0.25) is 0 Å². The number of carbonyl (C=O) groups excluding carboxylic acids is 1. The Morgan fingerprint density at radius 3 is 3.00 bits per heavy atom. The summed E-state index contributed by atoms with van der Waals surface area (Å²) in [6.45, 7) is 0.641. The fourth-order valence-corrected chi connectivity index (χ4v) is 0.734. The van der Waals surface area contributed by atoms with E-state index in [1.54, 1.807) is 18.3 Å². The lowest BCUT2D eigenvalue weighted by atomic mass is 10.3. The number of hydrogen-bond donors (Lipinski definition) is 0. The normalized spacial score (nSPS) is 9.18. The molecule has 0 aliphatic heterocycles. The average Bonchev–Trinajstić information content (AvgIpc) is 2.04. The number of halogens is 1. The third-order valence-electron chi connectivity index (χ3n) is 1.11. The molecule has 0 spiro atoms. The van der Waals surface area contributed by atoms with E-state index in [2.05, 4.69) is 9.72 Å². The Bertz CT molecular complexity index is 235. The Morgan fingerprint density at radius 2 is 2.45 bits per heavy atom. The lowest BCUT2D eigenvalue weighted by Crippen LogP contribution is -1.90. The van der Waals surface area contributed by atoms with Crippen LogP contribution in [0, 0.1) is 0 Å². The van der Waals surface area contributed by atoms with Gasteiger partial charge in [0.15, 0.2) is 0 Å². The van der Waals surface area contributed by atoms with E-state index < -0.39 is 0 Å². The van der Waals surface area contributed by atoms with Gasteiger partial charge in [-0.1, -0.05) is 17.7 Å². The SMILES string of the molecule is O=COCc1ccc(Cl)nc1. The number of nitrogens with zero attached hydrogens (tertiary/aromatic N) is 1. The first-order chi connectivity index (χ1) is 5.33. The summed E-state index contributed by atoms with van der Waals surface area (Å²) in [5.41, 5.74) is 0.821. The maximum atomic E-state index is 9.78. The monoisotopic (exact) mass is 171 g/mol. The smallest absolute Gasteiger partial charge is 0.293 e. The van der Waals surface area contributed by atoms with Crippen LogP contribution in [-0.2, 0) is 16.1 Å². The van der Waals surface area contributed by atoms with Crippen molar-refractivity contribution >= 4 is 18.1 Å². The van der Waals surface area contributed by atoms with Crippen molar-refractivity contribution in [2.24, 2.45) is 0 Å². The van der Waals surface area contributed by atoms with Gasteiger partial charge >= 0.3 is 0 Å².